The second-order valence-electron chi connectivity index (χ2n) is 5.30. The number of carbonyl (C=O) groups is 2. The molecule has 4 nitrogen and oxygen atoms in total. The van der Waals surface area contributed by atoms with E-state index < -0.39 is 12.0 Å². The summed E-state index contributed by atoms with van der Waals surface area (Å²) < 4.78 is 12.9. The number of carboxylic acid groups (broad SMARTS) is 1. The summed E-state index contributed by atoms with van der Waals surface area (Å²) in [6.45, 7) is 0. The third kappa shape index (κ3) is 3.17. The summed E-state index contributed by atoms with van der Waals surface area (Å²) in [5.74, 6) is -1.64. The molecule has 1 fully saturated rings. The molecule has 1 saturated carbocycles. The Morgan fingerprint density at radius 3 is 2.45 bits per heavy atom. The van der Waals surface area contributed by atoms with Crippen LogP contribution in [-0.4, -0.2) is 23.0 Å². The first-order valence-electron chi connectivity index (χ1n) is 6.94. The molecule has 22 heavy (non-hydrogen) atoms. The summed E-state index contributed by atoms with van der Waals surface area (Å²) in [7, 11) is 0. The SMILES string of the molecule is O=C(NC(C(=O)O)C1CC1)c1ccc(-c2ccc(F)cc2)s1. The Morgan fingerprint density at radius 1 is 1.18 bits per heavy atom. The lowest BCUT2D eigenvalue weighted by atomic mass is 10.2. The quantitative estimate of drug-likeness (QED) is 0.889. The average Bonchev–Trinajstić information content (AvgIpc) is 3.21. The minimum atomic E-state index is -0.994. The van der Waals surface area contributed by atoms with E-state index in [9.17, 15) is 14.0 Å². The lowest BCUT2D eigenvalue weighted by Gasteiger charge is -2.12. The fourth-order valence-electron chi connectivity index (χ4n) is 2.25. The summed E-state index contributed by atoms with van der Waals surface area (Å²) in [6, 6.07) is 8.64. The lowest BCUT2D eigenvalue weighted by molar-refractivity contribution is -0.139. The van der Waals surface area contributed by atoms with Crippen molar-refractivity contribution in [1.29, 1.82) is 0 Å². The van der Waals surface area contributed by atoms with Crippen molar-refractivity contribution in [3.8, 4) is 10.4 Å². The molecule has 1 heterocycles. The number of halogens is 1. The van der Waals surface area contributed by atoms with Crippen LogP contribution in [0.25, 0.3) is 10.4 Å². The highest BCUT2D eigenvalue weighted by molar-refractivity contribution is 7.17. The molecule has 1 aromatic carbocycles. The smallest absolute Gasteiger partial charge is 0.326 e. The normalized spacial score (nSPS) is 15.3. The largest absolute Gasteiger partial charge is 0.480 e. The summed E-state index contributed by atoms with van der Waals surface area (Å²) >= 11 is 1.26. The fourth-order valence-corrected chi connectivity index (χ4v) is 3.17. The van der Waals surface area contributed by atoms with Gasteiger partial charge in [-0.05, 0) is 48.6 Å². The third-order valence-electron chi connectivity index (χ3n) is 3.60. The van der Waals surface area contributed by atoms with Gasteiger partial charge >= 0.3 is 5.97 Å². The number of hydrogen-bond acceptors (Lipinski definition) is 3. The second-order valence-corrected chi connectivity index (χ2v) is 6.38. The molecule has 1 atom stereocenters. The molecule has 2 N–H and O–H groups in total. The van der Waals surface area contributed by atoms with Crippen molar-refractivity contribution in [1.82, 2.24) is 5.32 Å². The van der Waals surface area contributed by atoms with Gasteiger partial charge < -0.3 is 10.4 Å². The Bertz CT molecular complexity index is 706. The van der Waals surface area contributed by atoms with E-state index in [2.05, 4.69) is 5.32 Å². The van der Waals surface area contributed by atoms with E-state index >= 15 is 0 Å². The van der Waals surface area contributed by atoms with Crippen molar-refractivity contribution in [3.63, 3.8) is 0 Å². The zero-order valence-electron chi connectivity index (χ0n) is 11.6. The maximum atomic E-state index is 12.9. The molecule has 1 amide bonds. The highest BCUT2D eigenvalue weighted by Gasteiger charge is 2.37. The van der Waals surface area contributed by atoms with Crippen LogP contribution in [-0.2, 0) is 4.79 Å². The van der Waals surface area contributed by atoms with Gasteiger partial charge in [0, 0.05) is 4.88 Å². The Kier molecular flexibility index (Phi) is 3.94. The molecular weight excluding hydrogens is 305 g/mol. The van der Waals surface area contributed by atoms with Gasteiger partial charge in [-0.25, -0.2) is 9.18 Å². The third-order valence-corrected chi connectivity index (χ3v) is 4.74. The van der Waals surface area contributed by atoms with Crippen molar-refractivity contribution in [2.24, 2.45) is 5.92 Å². The molecule has 2 aromatic rings. The van der Waals surface area contributed by atoms with Gasteiger partial charge in [0.05, 0.1) is 4.88 Å². The first kappa shape index (κ1) is 14.7. The minimum absolute atomic E-state index is 0.0398. The molecule has 1 unspecified atom stereocenters. The van der Waals surface area contributed by atoms with Crippen LogP contribution >= 0.6 is 11.3 Å². The van der Waals surface area contributed by atoms with Gasteiger partial charge in [-0.1, -0.05) is 12.1 Å². The van der Waals surface area contributed by atoms with E-state index in [-0.39, 0.29) is 17.6 Å². The Hall–Kier alpha value is -2.21. The van der Waals surface area contributed by atoms with Crippen molar-refractivity contribution in [3.05, 3.63) is 47.1 Å². The highest BCUT2D eigenvalue weighted by atomic mass is 32.1. The van der Waals surface area contributed by atoms with Crippen LogP contribution < -0.4 is 5.32 Å². The van der Waals surface area contributed by atoms with Gasteiger partial charge in [0.1, 0.15) is 11.9 Å². The Balaban J connectivity index is 1.74. The number of amides is 1. The Labute approximate surface area is 130 Å². The molecule has 114 valence electrons. The standard InChI is InChI=1S/C16H14FNO3S/c17-11-5-3-9(4-6-11)12-7-8-13(22-12)15(19)18-14(16(20)21)10-1-2-10/h3-8,10,14H,1-2H2,(H,18,19)(H,20,21). The molecule has 0 saturated heterocycles. The molecule has 6 heteroatoms. The topological polar surface area (TPSA) is 66.4 Å². The number of benzene rings is 1. The maximum Gasteiger partial charge on any atom is 0.326 e. The van der Waals surface area contributed by atoms with Crippen molar-refractivity contribution in [2.75, 3.05) is 0 Å². The van der Waals surface area contributed by atoms with Crippen LogP contribution in [0.3, 0.4) is 0 Å². The van der Waals surface area contributed by atoms with E-state index in [1.807, 2.05) is 0 Å². The molecule has 0 radical (unpaired) electrons. The van der Waals surface area contributed by atoms with Gasteiger partial charge in [0.2, 0.25) is 0 Å². The van der Waals surface area contributed by atoms with E-state index in [1.165, 1.54) is 23.5 Å². The molecule has 1 aromatic heterocycles. The predicted molar refractivity (Wildman–Crippen MR) is 81.3 cm³/mol. The number of hydrogen-bond donors (Lipinski definition) is 2. The zero-order chi connectivity index (χ0) is 15.7. The molecule has 0 aliphatic heterocycles. The zero-order valence-corrected chi connectivity index (χ0v) is 12.4. The number of rotatable bonds is 5. The van der Waals surface area contributed by atoms with E-state index in [0.717, 1.165) is 23.3 Å². The van der Waals surface area contributed by atoms with Crippen LogP contribution in [0.4, 0.5) is 4.39 Å². The van der Waals surface area contributed by atoms with Gasteiger partial charge in [0.25, 0.3) is 5.91 Å². The minimum Gasteiger partial charge on any atom is -0.480 e. The summed E-state index contributed by atoms with van der Waals surface area (Å²) in [4.78, 5) is 24.6. The maximum absolute atomic E-state index is 12.9. The summed E-state index contributed by atoms with van der Waals surface area (Å²) in [5, 5.41) is 11.7. The molecule has 0 spiro atoms. The average molecular weight is 319 g/mol. The first-order valence-corrected chi connectivity index (χ1v) is 7.75. The van der Waals surface area contributed by atoms with Crippen molar-refractivity contribution < 1.29 is 19.1 Å². The Morgan fingerprint density at radius 2 is 1.86 bits per heavy atom. The van der Waals surface area contributed by atoms with Crippen LogP contribution in [0.5, 0.6) is 0 Å². The van der Waals surface area contributed by atoms with Gasteiger partial charge in [-0.2, -0.15) is 0 Å². The van der Waals surface area contributed by atoms with Gasteiger partial charge in [-0.3, -0.25) is 4.79 Å². The monoisotopic (exact) mass is 319 g/mol. The number of thiophene rings is 1. The first-order chi connectivity index (χ1) is 10.5. The molecule has 1 aliphatic rings. The van der Waals surface area contributed by atoms with Gasteiger partial charge in [-0.15, -0.1) is 11.3 Å². The van der Waals surface area contributed by atoms with Crippen LogP contribution in [0.15, 0.2) is 36.4 Å². The number of nitrogens with one attached hydrogen (secondary N) is 1. The van der Waals surface area contributed by atoms with Crippen molar-refractivity contribution in [2.45, 2.75) is 18.9 Å². The van der Waals surface area contributed by atoms with Crippen molar-refractivity contribution >= 4 is 23.2 Å². The summed E-state index contributed by atoms with van der Waals surface area (Å²) in [5.41, 5.74) is 0.822. The van der Waals surface area contributed by atoms with Gasteiger partial charge in [0.15, 0.2) is 0 Å². The lowest BCUT2D eigenvalue weighted by Crippen LogP contribution is -2.42. The highest BCUT2D eigenvalue weighted by Crippen LogP contribution is 2.33. The second kappa shape index (κ2) is 5.88. The molecule has 1 aliphatic carbocycles. The summed E-state index contributed by atoms with van der Waals surface area (Å²) in [6.07, 6.45) is 1.67. The molecule has 0 bridgehead atoms. The van der Waals surface area contributed by atoms with E-state index in [1.54, 1.807) is 24.3 Å². The number of carbonyl (C=O) groups excluding carboxylic acids is 1. The van der Waals surface area contributed by atoms with E-state index in [4.69, 9.17) is 5.11 Å². The fraction of sp³-hybridized carbons (Fsp3) is 0.250. The number of carboxylic acids is 1. The molecular formula is C16H14FNO3S. The van der Waals surface area contributed by atoms with Crippen LogP contribution in [0.2, 0.25) is 0 Å². The predicted octanol–water partition coefficient (Wildman–Crippen LogP) is 3.15. The van der Waals surface area contributed by atoms with Crippen LogP contribution in [0.1, 0.15) is 22.5 Å². The molecule has 3 rings (SSSR count). The van der Waals surface area contributed by atoms with Crippen LogP contribution in [0, 0.1) is 11.7 Å². The van der Waals surface area contributed by atoms with E-state index in [0.29, 0.717) is 4.88 Å². The number of aliphatic carboxylic acids is 1.